The Bertz CT molecular complexity index is 1790. The summed E-state index contributed by atoms with van der Waals surface area (Å²) in [5.74, 6) is -1.40. The molecule has 224 valence electrons. The van der Waals surface area contributed by atoms with Crippen LogP contribution < -0.4 is 10.2 Å². The van der Waals surface area contributed by atoms with Crippen molar-refractivity contribution in [2.24, 2.45) is 0 Å². The molecule has 0 spiro atoms. The third kappa shape index (κ3) is 6.63. The zero-order valence-corrected chi connectivity index (χ0v) is 22.1. The van der Waals surface area contributed by atoms with Gasteiger partial charge in [-0.15, -0.1) is 0 Å². The van der Waals surface area contributed by atoms with Gasteiger partial charge in [0.15, 0.2) is 5.78 Å². The summed E-state index contributed by atoms with van der Waals surface area (Å²) in [5, 5.41) is 63.9. The highest BCUT2D eigenvalue weighted by molar-refractivity contribution is 6.06. The van der Waals surface area contributed by atoms with Gasteiger partial charge in [0.2, 0.25) is 5.43 Å². The van der Waals surface area contributed by atoms with Crippen LogP contribution in [0.3, 0.4) is 0 Å². The number of ketones is 1. The van der Waals surface area contributed by atoms with Crippen LogP contribution in [0.2, 0.25) is 0 Å². The van der Waals surface area contributed by atoms with Crippen LogP contribution in [0.4, 0.5) is 0 Å². The maximum atomic E-state index is 12.5. The standard InChI is InChI=1S/C15H12O5.C15H10O5.CH4O.CH4/c2*16-9-3-1-8(2-4-9)11-7-20-13-6-10(17)5-12(18)14(13)15(11)19;1-2;/h1-6,11,16-18H,7H2;1-7,16-18H;2H,1H3;1H4. The highest BCUT2D eigenvalue weighted by Crippen LogP contribution is 2.40. The molecule has 1 atom stereocenters. The minimum atomic E-state index is -0.543. The summed E-state index contributed by atoms with van der Waals surface area (Å²) in [6.45, 7) is 0.125. The van der Waals surface area contributed by atoms with E-state index in [0.717, 1.165) is 19.2 Å². The molecule has 6 rings (SSSR count). The van der Waals surface area contributed by atoms with Crippen molar-refractivity contribution in [2.75, 3.05) is 13.7 Å². The number of phenolic OH excluding ortho intramolecular Hbond substituents is 6. The lowest BCUT2D eigenvalue weighted by Crippen LogP contribution is -2.26. The SMILES string of the molecule is C.CO.O=C1c2c(O)cc(O)cc2OCC1c1ccc(O)cc1.O=c1c(-c2ccc(O)cc2)coc2cc(O)cc(O)c12. The molecule has 5 aromatic rings. The predicted octanol–water partition coefficient (Wildman–Crippen LogP) is 4.98. The molecule has 0 radical (unpaired) electrons. The van der Waals surface area contributed by atoms with Crippen LogP contribution in [-0.4, -0.2) is 55.2 Å². The third-order valence-corrected chi connectivity index (χ3v) is 6.35. The third-order valence-electron chi connectivity index (χ3n) is 6.35. The molecule has 1 unspecified atom stereocenters. The number of hydrogen-bond acceptors (Lipinski definition) is 11. The molecule has 11 nitrogen and oxygen atoms in total. The van der Waals surface area contributed by atoms with E-state index in [2.05, 4.69) is 0 Å². The summed E-state index contributed by atoms with van der Waals surface area (Å²) in [4.78, 5) is 24.8. The summed E-state index contributed by atoms with van der Waals surface area (Å²) in [6, 6.07) is 17.1. The number of benzene rings is 4. The molecular weight excluding hydrogens is 560 g/mol. The second-order valence-electron chi connectivity index (χ2n) is 9.02. The summed E-state index contributed by atoms with van der Waals surface area (Å²) >= 11 is 0. The monoisotopic (exact) mass is 590 g/mol. The first-order valence-electron chi connectivity index (χ1n) is 12.4. The number of carbonyl (C=O) groups excluding carboxylic acids is 1. The molecule has 0 bridgehead atoms. The molecule has 0 fully saturated rings. The number of ether oxygens (including phenoxy) is 1. The van der Waals surface area contributed by atoms with Crippen molar-refractivity contribution in [3.05, 3.63) is 100 Å². The minimum absolute atomic E-state index is 0. The number of aliphatic hydroxyl groups excluding tert-OH is 1. The number of Topliss-reactive ketones (excluding diaryl/α,β-unsaturated/α-hetero) is 1. The van der Waals surface area contributed by atoms with Gasteiger partial charge < -0.3 is 44.9 Å². The van der Waals surface area contributed by atoms with Crippen LogP contribution in [0.25, 0.3) is 22.1 Å². The molecule has 7 N–H and O–H groups in total. The maximum Gasteiger partial charge on any atom is 0.204 e. The first-order valence-corrected chi connectivity index (χ1v) is 12.4. The molecule has 0 aliphatic carbocycles. The van der Waals surface area contributed by atoms with E-state index >= 15 is 0 Å². The van der Waals surface area contributed by atoms with Crippen molar-refractivity contribution < 1.29 is 49.7 Å². The van der Waals surface area contributed by atoms with Crippen molar-refractivity contribution >= 4 is 16.8 Å². The lowest BCUT2D eigenvalue weighted by molar-refractivity contribution is 0.0892. The Hall–Kier alpha value is -5.68. The first-order chi connectivity index (χ1) is 20.1. The minimum Gasteiger partial charge on any atom is -0.508 e. The van der Waals surface area contributed by atoms with Gasteiger partial charge in [0.1, 0.15) is 69.6 Å². The summed E-state index contributed by atoms with van der Waals surface area (Å²) in [5.41, 5.74) is 1.30. The number of fused-ring (bicyclic) bond motifs is 2. The Morgan fingerprint density at radius 2 is 1.26 bits per heavy atom. The first kappa shape index (κ1) is 31.8. The zero-order valence-electron chi connectivity index (χ0n) is 22.1. The number of rotatable bonds is 2. The number of phenols is 6. The quantitative estimate of drug-likeness (QED) is 0.146. The highest BCUT2D eigenvalue weighted by atomic mass is 16.5. The van der Waals surface area contributed by atoms with Gasteiger partial charge in [-0.05, 0) is 35.4 Å². The van der Waals surface area contributed by atoms with Gasteiger partial charge in [0, 0.05) is 31.4 Å². The van der Waals surface area contributed by atoms with E-state index < -0.39 is 11.3 Å². The molecule has 11 heteroatoms. The fourth-order valence-electron chi connectivity index (χ4n) is 4.38. The van der Waals surface area contributed by atoms with Crippen molar-refractivity contribution in [1.29, 1.82) is 0 Å². The largest absolute Gasteiger partial charge is 0.508 e. The topological polar surface area (TPSA) is 198 Å². The summed E-state index contributed by atoms with van der Waals surface area (Å²) in [7, 11) is 1.00. The van der Waals surface area contributed by atoms with Gasteiger partial charge in [-0.25, -0.2) is 0 Å². The van der Waals surface area contributed by atoms with E-state index in [4.69, 9.17) is 14.3 Å². The normalized spacial score (nSPS) is 13.3. The highest BCUT2D eigenvalue weighted by Gasteiger charge is 2.33. The van der Waals surface area contributed by atoms with Gasteiger partial charge in [-0.1, -0.05) is 31.7 Å². The van der Waals surface area contributed by atoms with E-state index in [9.17, 15) is 40.2 Å². The predicted molar refractivity (Wildman–Crippen MR) is 158 cm³/mol. The van der Waals surface area contributed by atoms with Gasteiger partial charge in [-0.2, -0.15) is 0 Å². The van der Waals surface area contributed by atoms with E-state index in [-0.39, 0.29) is 82.2 Å². The molecular formula is C32H30O11. The summed E-state index contributed by atoms with van der Waals surface area (Å²) < 4.78 is 10.7. The smallest absolute Gasteiger partial charge is 0.204 e. The number of carbonyl (C=O) groups is 1. The fraction of sp³-hybridized carbons (Fsp3) is 0.125. The summed E-state index contributed by atoms with van der Waals surface area (Å²) in [6.07, 6.45) is 1.26. The molecule has 0 saturated heterocycles. The Morgan fingerprint density at radius 1 is 0.698 bits per heavy atom. The van der Waals surface area contributed by atoms with E-state index in [0.29, 0.717) is 11.1 Å². The molecule has 4 aromatic carbocycles. The maximum absolute atomic E-state index is 12.5. The van der Waals surface area contributed by atoms with Gasteiger partial charge >= 0.3 is 0 Å². The van der Waals surface area contributed by atoms with Crippen LogP contribution in [0.5, 0.6) is 40.2 Å². The average Bonchev–Trinajstić information content (AvgIpc) is 2.95. The Morgan fingerprint density at radius 3 is 1.88 bits per heavy atom. The van der Waals surface area contributed by atoms with E-state index in [1.165, 1.54) is 42.7 Å². The Labute approximate surface area is 245 Å². The molecule has 1 aromatic heterocycles. The second kappa shape index (κ2) is 13.3. The molecule has 43 heavy (non-hydrogen) atoms. The van der Waals surface area contributed by atoms with Crippen molar-refractivity contribution in [1.82, 2.24) is 0 Å². The molecule has 0 amide bonds. The lowest BCUT2D eigenvalue weighted by Gasteiger charge is -2.25. The Kier molecular flexibility index (Phi) is 9.86. The van der Waals surface area contributed by atoms with Crippen molar-refractivity contribution in [3.8, 4) is 51.4 Å². The fourth-order valence-corrected chi connectivity index (χ4v) is 4.38. The van der Waals surface area contributed by atoms with E-state index in [1.54, 1.807) is 24.3 Å². The van der Waals surface area contributed by atoms with E-state index in [1.807, 2.05) is 0 Å². The van der Waals surface area contributed by atoms with Gasteiger partial charge in [0.25, 0.3) is 0 Å². The number of aliphatic hydroxyl groups is 1. The Balaban J connectivity index is 0.000000218. The van der Waals surface area contributed by atoms with Crippen molar-refractivity contribution in [3.63, 3.8) is 0 Å². The molecule has 0 saturated carbocycles. The van der Waals surface area contributed by atoms with Crippen LogP contribution in [0, 0.1) is 0 Å². The molecule has 2 heterocycles. The lowest BCUT2D eigenvalue weighted by atomic mass is 9.88. The number of hydrogen-bond donors (Lipinski definition) is 7. The van der Waals surface area contributed by atoms with Crippen LogP contribution in [0.15, 0.2) is 88.3 Å². The van der Waals surface area contributed by atoms with Gasteiger partial charge in [0.05, 0.1) is 11.5 Å². The van der Waals surface area contributed by atoms with Crippen LogP contribution in [-0.2, 0) is 0 Å². The molecule has 1 aliphatic heterocycles. The van der Waals surface area contributed by atoms with Crippen LogP contribution >= 0.6 is 0 Å². The van der Waals surface area contributed by atoms with Crippen molar-refractivity contribution in [2.45, 2.75) is 13.3 Å². The number of aromatic hydroxyl groups is 6. The second-order valence-corrected chi connectivity index (χ2v) is 9.02. The molecule has 1 aliphatic rings. The van der Waals surface area contributed by atoms with Gasteiger partial charge in [-0.3, -0.25) is 9.59 Å². The zero-order chi connectivity index (χ0) is 30.6. The van der Waals surface area contributed by atoms with Crippen LogP contribution in [0.1, 0.15) is 29.3 Å². The average molecular weight is 591 g/mol.